The number of halogens is 2. The fraction of sp³-hybridized carbons (Fsp3) is 0.417. The lowest BCUT2D eigenvalue weighted by Crippen LogP contribution is -2.28. The standard InChI is InChI=1S/C12H12BrClN2O5S/c1-21-12(18)9-3-8(13)4-15-11(9)16-5-7(2-10(16)17)6-22(14,19)20/h3-4,7H,2,5-6H2,1H3. The van der Waals surface area contributed by atoms with Crippen LogP contribution in [-0.4, -0.2) is 44.7 Å². The Bertz CT molecular complexity index is 724. The summed E-state index contributed by atoms with van der Waals surface area (Å²) in [5.41, 5.74) is 0.125. The lowest BCUT2D eigenvalue weighted by atomic mass is 10.1. The molecule has 0 spiro atoms. The average molecular weight is 412 g/mol. The van der Waals surface area contributed by atoms with Gasteiger partial charge >= 0.3 is 5.97 Å². The Morgan fingerprint density at radius 2 is 2.27 bits per heavy atom. The van der Waals surface area contributed by atoms with Crippen LogP contribution in [0.1, 0.15) is 16.8 Å². The van der Waals surface area contributed by atoms with Crippen LogP contribution in [0.5, 0.6) is 0 Å². The SMILES string of the molecule is COC(=O)c1cc(Br)cnc1N1CC(CS(=O)(=O)Cl)CC1=O. The number of nitrogens with zero attached hydrogens (tertiary/aromatic N) is 2. The van der Waals surface area contributed by atoms with E-state index in [1.165, 1.54) is 24.3 Å². The van der Waals surface area contributed by atoms with Gasteiger partial charge in [-0.25, -0.2) is 18.2 Å². The largest absolute Gasteiger partial charge is 0.465 e. The molecular formula is C12H12BrClN2O5S. The number of anilines is 1. The summed E-state index contributed by atoms with van der Waals surface area (Å²) in [6.45, 7) is 0.128. The molecule has 120 valence electrons. The summed E-state index contributed by atoms with van der Waals surface area (Å²) >= 11 is 3.20. The topological polar surface area (TPSA) is 93.6 Å². The number of esters is 1. The van der Waals surface area contributed by atoms with Crippen molar-refractivity contribution in [2.24, 2.45) is 5.92 Å². The number of aromatic nitrogens is 1. The van der Waals surface area contributed by atoms with Crippen LogP contribution in [0.3, 0.4) is 0 Å². The van der Waals surface area contributed by atoms with Crippen LogP contribution in [0.4, 0.5) is 5.82 Å². The van der Waals surface area contributed by atoms with Crippen molar-refractivity contribution in [1.29, 1.82) is 0 Å². The van der Waals surface area contributed by atoms with Gasteiger partial charge < -0.3 is 4.74 Å². The van der Waals surface area contributed by atoms with E-state index in [0.717, 1.165) is 0 Å². The highest BCUT2D eigenvalue weighted by Gasteiger charge is 2.35. The highest BCUT2D eigenvalue weighted by Crippen LogP contribution is 2.29. The molecule has 0 aliphatic carbocycles. The molecule has 1 aromatic rings. The molecular weight excluding hydrogens is 400 g/mol. The van der Waals surface area contributed by atoms with E-state index in [1.807, 2.05) is 0 Å². The zero-order chi connectivity index (χ0) is 16.5. The number of pyridine rings is 1. The quantitative estimate of drug-likeness (QED) is 0.551. The number of methoxy groups -OCH3 is 1. The number of hydrogen-bond donors (Lipinski definition) is 0. The van der Waals surface area contributed by atoms with Gasteiger partial charge in [0.2, 0.25) is 15.0 Å². The molecule has 1 aliphatic heterocycles. The van der Waals surface area contributed by atoms with Gasteiger partial charge in [-0.3, -0.25) is 9.69 Å². The molecule has 2 heterocycles. The van der Waals surface area contributed by atoms with Gasteiger partial charge in [-0.15, -0.1) is 0 Å². The monoisotopic (exact) mass is 410 g/mol. The molecule has 2 rings (SSSR count). The molecule has 22 heavy (non-hydrogen) atoms. The summed E-state index contributed by atoms with van der Waals surface area (Å²) in [6.07, 6.45) is 1.48. The molecule has 1 saturated heterocycles. The fourth-order valence-electron chi connectivity index (χ4n) is 2.29. The molecule has 7 nitrogen and oxygen atoms in total. The molecule has 1 aromatic heterocycles. The lowest BCUT2D eigenvalue weighted by Gasteiger charge is -2.18. The molecule has 0 saturated carbocycles. The van der Waals surface area contributed by atoms with E-state index < -0.39 is 20.9 Å². The first-order chi connectivity index (χ1) is 10.2. The van der Waals surface area contributed by atoms with Gasteiger partial charge in [-0.1, -0.05) is 0 Å². The van der Waals surface area contributed by atoms with E-state index in [9.17, 15) is 18.0 Å². The summed E-state index contributed by atoms with van der Waals surface area (Å²) < 4.78 is 27.5. The van der Waals surface area contributed by atoms with Crippen LogP contribution in [-0.2, 0) is 18.6 Å². The Kier molecular flexibility index (Phi) is 5.08. The van der Waals surface area contributed by atoms with Crippen molar-refractivity contribution < 1.29 is 22.7 Å². The summed E-state index contributed by atoms with van der Waals surface area (Å²) in [6, 6.07) is 1.49. The first-order valence-corrected chi connectivity index (χ1v) is 9.45. The van der Waals surface area contributed by atoms with Crippen LogP contribution >= 0.6 is 26.6 Å². The van der Waals surface area contributed by atoms with Crippen LogP contribution in [0.15, 0.2) is 16.7 Å². The van der Waals surface area contributed by atoms with Gasteiger partial charge in [0.1, 0.15) is 11.4 Å². The normalized spacial score (nSPS) is 18.6. The van der Waals surface area contributed by atoms with Crippen LogP contribution < -0.4 is 4.90 Å². The molecule has 0 aromatic carbocycles. The Balaban J connectivity index is 2.32. The van der Waals surface area contributed by atoms with Crippen molar-refractivity contribution in [3.63, 3.8) is 0 Å². The van der Waals surface area contributed by atoms with E-state index >= 15 is 0 Å². The van der Waals surface area contributed by atoms with Gasteiger partial charge in [0.05, 0.1) is 12.9 Å². The molecule has 0 N–H and O–H groups in total. The van der Waals surface area contributed by atoms with Gasteiger partial charge in [0.25, 0.3) is 0 Å². The average Bonchev–Trinajstić information content (AvgIpc) is 2.76. The number of ether oxygens (including phenoxy) is 1. The number of rotatable bonds is 4. The number of hydrogen-bond acceptors (Lipinski definition) is 6. The zero-order valence-corrected chi connectivity index (χ0v) is 14.6. The highest BCUT2D eigenvalue weighted by atomic mass is 79.9. The predicted molar refractivity (Wildman–Crippen MR) is 83.4 cm³/mol. The maximum Gasteiger partial charge on any atom is 0.341 e. The first-order valence-electron chi connectivity index (χ1n) is 6.18. The third-order valence-electron chi connectivity index (χ3n) is 3.13. The molecule has 1 fully saturated rings. The van der Waals surface area contributed by atoms with Gasteiger partial charge in [-0.2, -0.15) is 0 Å². The molecule has 0 bridgehead atoms. The summed E-state index contributed by atoms with van der Waals surface area (Å²) in [7, 11) is 2.75. The van der Waals surface area contributed by atoms with Crippen molar-refractivity contribution in [3.05, 3.63) is 22.3 Å². The first kappa shape index (κ1) is 17.2. The maximum absolute atomic E-state index is 12.1. The highest BCUT2D eigenvalue weighted by molar-refractivity contribution is 9.10. The minimum absolute atomic E-state index is 0.0321. The van der Waals surface area contributed by atoms with Crippen molar-refractivity contribution in [2.75, 3.05) is 24.3 Å². The lowest BCUT2D eigenvalue weighted by molar-refractivity contribution is -0.117. The zero-order valence-electron chi connectivity index (χ0n) is 11.5. The van der Waals surface area contributed by atoms with E-state index in [2.05, 4.69) is 25.7 Å². The second-order valence-electron chi connectivity index (χ2n) is 4.80. The number of carbonyl (C=O) groups excluding carboxylic acids is 2. The Morgan fingerprint density at radius 1 is 1.59 bits per heavy atom. The van der Waals surface area contributed by atoms with E-state index in [4.69, 9.17) is 10.7 Å². The van der Waals surface area contributed by atoms with Gasteiger partial charge in [0, 0.05) is 40.2 Å². The number of carbonyl (C=O) groups is 2. The molecule has 10 heteroatoms. The van der Waals surface area contributed by atoms with Crippen molar-refractivity contribution in [2.45, 2.75) is 6.42 Å². The molecule has 1 unspecified atom stereocenters. The van der Waals surface area contributed by atoms with E-state index in [1.54, 1.807) is 0 Å². The van der Waals surface area contributed by atoms with E-state index in [-0.39, 0.29) is 36.0 Å². The van der Waals surface area contributed by atoms with Gasteiger partial charge in [0.15, 0.2) is 0 Å². The van der Waals surface area contributed by atoms with Crippen LogP contribution in [0.2, 0.25) is 0 Å². The summed E-state index contributed by atoms with van der Waals surface area (Å²) in [5, 5.41) is 0. The molecule has 1 aliphatic rings. The fourth-order valence-corrected chi connectivity index (χ4v) is 3.94. The van der Waals surface area contributed by atoms with E-state index in [0.29, 0.717) is 4.47 Å². The smallest absolute Gasteiger partial charge is 0.341 e. The summed E-state index contributed by atoms with van der Waals surface area (Å²) in [5.74, 6) is -1.54. The minimum atomic E-state index is -3.70. The Morgan fingerprint density at radius 3 is 2.86 bits per heavy atom. The minimum Gasteiger partial charge on any atom is -0.465 e. The van der Waals surface area contributed by atoms with Gasteiger partial charge in [-0.05, 0) is 22.0 Å². The van der Waals surface area contributed by atoms with Crippen LogP contribution in [0, 0.1) is 5.92 Å². The maximum atomic E-state index is 12.1. The second-order valence-corrected chi connectivity index (χ2v) is 8.53. The third kappa shape index (κ3) is 3.96. The Hall–Kier alpha value is -1.19. The number of amides is 1. The van der Waals surface area contributed by atoms with Crippen molar-refractivity contribution in [1.82, 2.24) is 4.98 Å². The second kappa shape index (κ2) is 6.51. The van der Waals surface area contributed by atoms with Crippen molar-refractivity contribution in [3.8, 4) is 0 Å². The summed E-state index contributed by atoms with van der Waals surface area (Å²) in [4.78, 5) is 29.3. The molecule has 1 amide bonds. The Labute approximate surface area is 140 Å². The molecule has 0 radical (unpaired) electrons. The predicted octanol–water partition coefficient (Wildman–Crippen LogP) is 1.55. The van der Waals surface area contributed by atoms with Crippen molar-refractivity contribution >= 4 is 53.4 Å². The third-order valence-corrected chi connectivity index (χ3v) is 4.82. The molecule has 1 atom stereocenters. The van der Waals surface area contributed by atoms with Crippen LogP contribution in [0.25, 0.3) is 0 Å².